The molecule has 0 saturated carbocycles. The standard InChI is InChI=1S/C35H40N6O5/c1-23-28-11-5-4-10-26(28)21-41(30-13-7-6-12-29(30)34(23)40-36-3)33(45)15-9-8-14-31(43)37-20-32(44)38-24(2)35(46)39-27-18-16-25(22-42)17-19-27/h4-7,10-13,16-19,24,42H,8-9,14-15,20-22H2,1-3H3,(H,37,43)(H,38,44)(H,39,46)/b34-23+,40-36?/t24-/m0/s1. The molecule has 4 amide bonds. The summed E-state index contributed by atoms with van der Waals surface area (Å²) in [5.74, 6) is -1.29. The van der Waals surface area contributed by atoms with E-state index in [9.17, 15) is 19.2 Å². The molecule has 3 aromatic rings. The monoisotopic (exact) mass is 624 g/mol. The summed E-state index contributed by atoms with van der Waals surface area (Å²) in [6, 6.07) is 21.5. The average Bonchev–Trinajstić information content (AvgIpc) is 3.06. The number of aliphatic hydroxyl groups is 1. The van der Waals surface area contributed by atoms with E-state index in [4.69, 9.17) is 5.11 Å². The van der Waals surface area contributed by atoms with Crippen molar-refractivity contribution >= 4 is 46.3 Å². The van der Waals surface area contributed by atoms with E-state index in [0.29, 0.717) is 36.3 Å². The second-order valence-electron chi connectivity index (χ2n) is 11.0. The summed E-state index contributed by atoms with van der Waals surface area (Å²) >= 11 is 0. The van der Waals surface area contributed by atoms with Crippen molar-refractivity contribution in [2.75, 3.05) is 23.8 Å². The number of anilines is 2. The Morgan fingerprint density at radius 2 is 1.57 bits per heavy atom. The van der Waals surface area contributed by atoms with Gasteiger partial charge in [-0.3, -0.25) is 19.2 Å². The number of rotatable bonds is 12. The van der Waals surface area contributed by atoms with Crippen LogP contribution in [0.15, 0.2) is 83.0 Å². The fourth-order valence-corrected chi connectivity index (χ4v) is 5.24. The summed E-state index contributed by atoms with van der Waals surface area (Å²) in [7, 11) is 1.63. The van der Waals surface area contributed by atoms with Crippen LogP contribution in [0.4, 0.5) is 11.4 Å². The Kier molecular flexibility index (Phi) is 11.9. The van der Waals surface area contributed by atoms with Gasteiger partial charge in [-0.2, -0.15) is 10.2 Å². The lowest BCUT2D eigenvalue weighted by Gasteiger charge is -2.29. The molecular formula is C35H40N6O5. The quantitative estimate of drug-likeness (QED) is 0.168. The molecule has 11 nitrogen and oxygen atoms in total. The number of unbranched alkanes of at least 4 members (excludes halogenated alkanes) is 1. The van der Waals surface area contributed by atoms with Crippen molar-refractivity contribution in [3.8, 4) is 0 Å². The number of hydrogen-bond acceptors (Lipinski definition) is 7. The van der Waals surface area contributed by atoms with Gasteiger partial charge in [0.1, 0.15) is 6.04 Å². The Morgan fingerprint density at radius 1 is 0.891 bits per heavy atom. The number of carbonyl (C=O) groups excluding carboxylic acids is 4. The largest absolute Gasteiger partial charge is 0.392 e. The molecule has 0 bridgehead atoms. The number of aliphatic hydroxyl groups excluding tert-OH is 1. The molecule has 4 rings (SSSR count). The second-order valence-corrected chi connectivity index (χ2v) is 11.0. The van der Waals surface area contributed by atoms with Gasteiger partial charge in [0.2, 0.25) is 23.6 Å². The van der Waals surface area contributed by atoms with Gasteiger partial charge >= 0.3 is 0 Å². The molecule has 11 heteroatoms. The normalized spacial score (nSPS) is 14.8. The van der Waals surface area contributed by atoms with Gasteiger partial charge in [-0.15, -0.1) is 0 Å². The molecule has 0 fully saturated rings. The smallest absolute Gasteiger partial charge is 0.246 e. The predicted octanol–water partition coefficient (Wildman–Crippen LogP) is 4.82. The third-order valence-corrected chi connectivity index (χ3v) is 7.72. The van der Waals surface area contributed by atoms with E-state index in [0.717, 1.165) is 28.0 Å². The van der Waals surface area contributed by atoms with Crippen molar-refractivity contribution in [2.45, 2.75) is 58.7 Å². The Morgan fingerprint density at radius 3 is 2.28 bits per heavy atom. The van der Waals surface area contributed by atoms with E-state index in [1.807, 2.05) is 55.5 Å². The number of allylic oxidation sites excluding steroid dienone is 1. The minimum Gasteiger partial charge on any atom is -0.392 e. The van der Waals surface area contributed by atoms with E-state index in [-0.39, 0.29) is 37.8 Å². The zero-order valence-corrected chi connectivity index (χ0v) is 26.4. The number of nitrogens with zero attached hydrogens (tertiary/aromatic N) is 3. The van der Waals surface area contributed by atoms with Crippen molar-refractivity contribution < 1.29 is 24.3 Å². The fraction of sp³-hybridized carbons (Fsp3) is 0.314. The van der Waals surface area contributed by atoms with E-state index in [1.165, 1.54) is 0 Å². The Labute approximate surface area is 268 Å². The minimum absolute atomic E-state index is 0.0639. The number of amides is 4. The Bertz CT molecular complexity index is 1630. The zero-order chi connectivity index (χ0) is 33.1. The van der Waals surface area contributed by atoms with Gasteiger partial charge in [-0.1, -0.05) is 54.6 Å². The lowest BCUT2D eigenvalue weighted by molar-refractivity contribution is -0.128. The van der Waals surface area contributed by atoms with E-state index in [2.05, 4.69) is 26.2 Å². The van der Waals surface area contributed by atoms with Gasteiger partial charge in [0, 0.05) is 31.1 Å². The molecule has 4 N–H and O–H groups in total. The van der Waals surface area contributed by atoms with Gasteiger partial charge in [0.15, 0.2) is 0 Å². The summed E-state index contributed by atoms with van der Waals surface area (Å²) in [4.78, 5) is 52.5. The van der Waals surface area contributed by atoms with Crippen LogP contribution in [0.2, 0.25) is 0 Å². The highest BCUT2D eigenvalue weighted by atomic mass is 16.3. The van der Waals surface area contributed by atoms with Gasteiger partial charge in [0.05, 0.1) is 31.1 Å². The lowest BCUT2D eigenvalue weighted by Crippen LogP contribution is -2.45. The number of nitrogens with one attached hydrogen (secondary N) is 3. The number of carbonyl (C=O) groups is 4. The van der Waals surface area contributed by atoms with Crippen LogP contribution in [0.5, 0.6) is 0 Å². The molecule has 0 unspecified atom stereocenters. The number of benzene rings is 3. The van der Waals surface area contributed by atoms with Gasteiger partial charge in [0.25, 0.3) is 0 Å². The first kappa shape index (κ1) is 33.7. The zero-order valence-electron chi connectivity index (χ0n) is 26.4. The van der Waals surface area contributed by atoms with Crippen LogP contribution in [0.1, 0.15) is 61.8 Å². The number of hydrogen-bond donors (Lipinski definition) is 4. The molecule has 1 aliphatic heterocycles. The predicted molar refractivity (Wildman–Crippen MR) is 177 cm³/mol. The Hall–Kier alpha value is -5.16. The molecule has 0 radical (unpaired) electrons. The van der Waals surface area contributed by atoms with Crippen molar-refractivity contribution in [1.29, 1.82) is 0 Å². The van der Waals surface area contributed by atoms with Crippen molar-refractivity contribution in [3.05, 3.63) is 95.1 Å². The van der Waals surface area contributed by atoms with Crippen molar-refractivity contribution in [3.63, 3.8) is 0 Å². The molecule has 1 aliphatic rings. The first-order chi connectivity index (χ1) is 22.2. The Balaban J connectivity index is 1.26. The summed E-state index contributed by atoms with van der Waals surface area (Å²) in [6.45, 7) is 3.60. The van der Waals surface area contributed by atoms with Crippen LogP contribution in [-0.2, 0) is 32.3 Å². The van der Waals surface area contributed by atoms with Crippen molar-refractivity contribution in [2.24, 2.45) is 10.2 Å². The van der Waals surface area contributed by atoms with Crippen LogP contribution < -0.4 is 20.9 Å². The summed E-state index contributed by atoms with van der Waals surface area (Å²) in [6.07, 6.45) is 1.36. The maximum Gasteiger partial charge on any atom is 0.246 e. The molecule has 46 heavy (non-hydrogen) atoms. The van der Waals surface area contributed by atoms with Crippen LogP contribution >= 0.6 is 0 Å². The molecule has 0 aromatic heterocycles. The molecule has 240 valence electrons. The number of azo groups is 1. The maximum absolute atomic E-state index is 13.6. The topological polar surface area (TPSA) is 153 Å². The van der Waals surface area contributed by atoms with Gasteiger partial charge in [-0.25, -0.2) is 0 Å². The molecule has 0 saturated heterocycles. The van der Waals surface area contributed by atoms with Crippen LogP contribution in [0.3, 0.4) is 0 Å². The first-order valence-electron chi connectivity index (χ1n) is 15.3. The molecule has 1 heterocycles. The summed E-state index contributed by atoms with van der Waals surface area (Å²) in [5.41, 5.74) is 6.57. The highest BCUT2D eigenvalue weighted by Crippen LogP contribution is 2.38. The van der Waals surface area contributed by atoms with Gasteiger partial charge < -0.3 is 26.0 Å². The average molecular weight is 625 g/mol. The summed E-state index contributed by atoms with van der Waals surface area (Å²) < 4.78 is 0. The fourth-order valence-electron chi connectivity index (χ4n) is 5.24. The van der Waals surface area contributed by atoms with E-state index < -0.39 is 17.9 Å². The molecule has 0 spiro atoms. The molecule has 0 aliphatic carbocycles. The lowest BCUT2D eigenvalue weighted by atomic mass is 9.93. The summed E-state index contributed by atoms with van der Waals surface area (Å²) in [5, 5.41) is 25.4. The minimum atomic E-state index is -0.825. The van der Waals surface area contributed by atoms with Crippen LogP contribution in [0.25, 0.3) is 11.3 Å². The molecule has 3 aromatic carbocycles. The third-order valence-electron chi connectivity index (χ3n) is 7.72. The number of para-hydroxylation sites is 1. The third kappa shape index (κ3) is 8.72. The molecular weight excluding hydrogens is 584 g/mol. The second kappa shape index (κ2) is 16.2. The first-order valence-corrected chi connectivity index (χ1v) is 15.3. The van der Waals surface area contributed by atoms with Crippen LogP contribution in [-0.4, -0.2) is 48.4 Å². The van der Waals surface area contributed by atoms with Gasteiger partial charge in [-0.05, 0) is 67.2 Å². The maximum atomic E-state index is 13.6. The van der Waals surface area contributed by atoms with Crippen molar-refractivity contribution in [1.82, 2.24) is 10.6 Å². The molecule has 1 atom stereocenters. The number of fused-ring (bicyclic) bond motifs is 2. The highest BCUT2D eigenvalue weighted by Gasteiger charge is 2.25. The van der Waals surface area contributed by atoms with Crippen LogP contribution in [0, 0.1) is 0 Å². The highest BCUT2D eigenvalue weighted by molar-refractivity contribution is 6.01. The van der Waals surface area contributed by atoms with E-state index >= 15 is 0 Å². The van der Waals surface area contributed by atoms with E-state index in [1.54, 1.807) is 43.1 Å². The SMILES string of the molecule is CN=N/C1=C(\C)c2ccccc2CN(C(=O)CCCCC(=O)NCC(=O)N[C@@H](C)C(=O)Nc2ccc(CO)cc2)c2ccccc21.